The van der Waals surface area contributed by atoms with Crippen LogP contribution in [-0.4, -0.2) is 36.3 Å². The van der Waals surface area contributed by atoms with Crippen LogP contribution in [0.5, 0.6) is 0 Å². The van der Waals surface area contributed by atoms with Crippen LogP contribution in [0.1, 0.15) is 35.2 Å². The monoisotopic (exact) mass is 275 g/mol. The number of carbonyl (C=O) groups is 2. The highest BCUT2D eigenvalue weighted by molar-refractivity contribution is 5.96. The van der Waals surface area contributed by atoms with Crippen molar-refractivity contribution in [2.75, 3.05) is 19.6 Å². The SMILES string of the molecule is NCc1ccc(C(=O)NCC(=O)N2CCCCC2)cc1. The van der Waals surface area contributed by atoms with Crippen LogP contribution in [0.15, 0.2) is 24.3 Å². The minimum atomic E-state index is -0.223. The fourth-order valence-electron chi connectivity index (χ4n) is 2.31. The second-order valence-corrected chi connectivity index (χ2v) is 5.03. The fraction of sp³-hybridized carbons (Fsp3) is 0.467. The van der Waals surface area contributed by atoms with Crippen molar-refractivity contribution in [1.82, 2.24) is 10.2 Å². The van der Waals surface area contributed by atoms with Gasteiger partial charge in [-0.2, -0.15) is 0 Å². The lowest BCUT2D eigenvalue weighted by atomic mass is 10.1. The summed E-state index contributed by atoms with van der Waals surface area (Å²) < 4.78 is 0. The molecule has 0 unspecified atom stereocenters. The van der Waals surface area contributed by atoms with E-state index in [4.69, 9.17) is 5.73 Å². The first-order valence-corrected chi connectivity index (χ1v) is 7.05. The summed E-state index contributed by atoms with van der Waals surface area (Å²) in [6.45, 7) is 2.13. The number of nitrogens with two attached hydrogens (primary N) is 1. The van der Waals surface area contributed by atoms with Gasteiger partial charge < -0.3 is 16.0 Å². The van der Waals surface area contributed by atoms with Gasteiger partial charge in [0.25, 0.3) is 5.91 Å². The predicted molar refractivity (Wildman–Crippen MR) is 77.1 cm³/mol. The van der Waals surface area contributed by atoms with E-state index in [1.54, 1.807) is 12.1 Å². The maximum Gasteiger partial charge on any atom is 0.251 e. The number of likely N-dealkylation sites (tertiary alicyclic amines) is 1. The molecule has 2 rings (SSSR count). The van der Waals surface area contributed by atoms with Gasteiger partial charge in [0, 0.05) is 25.2 Å². The molecule has 0 spiro atoms. The molecular weight excluding hydrogens is 254 g/mol. The van der Waals surface area contributed by atoms with E-state index < -0.39 is 0 Å². The van der Waals surface area contributed by atoms with Crippen molar-refractivity contribution < 1.29 is 9.59 Å². The number of benzene rings is 1. The molecule has 0 radical (unpaired) electrons. The lowest BCUT2D eigenvalue weighted by Gasteiger charge is -2.26. The lowest BCUT2D eigenvalue weighted by Crippen LogP contribution is -2.42. The molecular formula is C15H21N3O2. The van der Waals surface area contributed by atoms with E-state index in [1.165, 1.54) is 6.42 Å². The summed E-state index contributed by atoms with van der Waals surface area (Å²) in [4.78, 5) is 25.7. The van der Waals surface area contributed by atoms with E-state index in [0.717, 1.165) is 31.5 Å². The molecule has 1 heterocycles. The van der Waals surface area contributed by atoms with Crippen LogP contribution in [-0.2, 0) is 11.3 Å². The Kier molecular flexibility index (Phi) is 5.12. The van der Waals surface area contributed by atoms with Gasteiger partial charge >= 0.3 is 0 Å². The minimum Gasteiger partial charge on any atom is -0.343 e. The zero-order valence-corrected chi connectivity index (χ0v) is 11.6. The van der Waals surface area contributed by atoms with Crippen molar-refractivity contribution in [2.45, 2.75) is 25.8 Å². The maximum absolute atomic E-state index is 11.9. The minimum absolute atomic E-state index is 0.00312. The molecule has 0 atom stereocenters. The first kappa shape index (κ1) is 14.5. The summed E-state index contributed by atoms with van der Waals surface area (Å²) in [5.41, 5.74) is 7.03. The van der Waals surface area contributed by atoms with Crippen LogP contribution in [0.2, 0.25) is 0 Å². The van der Waals surface area contributed by atoms with Crippen LogP contribution >= 0.6 is 0 Å². The summed E-state index contributed by atoms with van der Waals surface area (Å²) in [6, 6.07) is 7.09. The number of hydrogen-bond donors (Lipinski definition) is 2. The molecule has 1 aromatic carbocycles. The Morgan fingerprint density at radius 2 is 1.75 bits per heavy atom. The number of nitrogens with one attached hydrogen (secondary N) is 1. The first-order chi connectivity index (χ1) is 9.70. The molecule has 1 saturated heterocycles. The summed E-state index contributed by atoms with van der Waals surface area (Å²) in [5, 5.41) is 2.67. The second kappa shape index (κ2) is 7.05. The van der Waals surface area contributed by atoms with Crippen LogP contribution in [0.25, 0.3) is 0 Å². The molecule has 20 heavy (non-hydrogen) atoms. The van der Waals surface area contributed by atoms with Crippen molar-refractivity contribution in [3.63, 3.8) is 0 Å². The summed E-state index contributed by atoms with van der Waals surface area (Å²) in [5.74, 6) is -0.226. The highest BCUT2D eigenvalue weighted by Crippen LogP contribution is 2.08. The Balaban J connectivity index is 1.83. The average molecular weight is 275 g/mol. The topological polar surface area (TPSA) is 75.4 Å². The standard InChI is InChI=1S/C15H21N3O2/c16-10-12-4-6-13(7-5-12)15(20)17-11-14(19)18-8-2-1-3-9-18/h4-7H,1-3,8-11,16H2,(H,17,20). The zero-order valence-electron chi connectivity index (χ0n) is 11.6. The van der Waals surface area contributed by atoms with Gasteiger partial charge in [0.05, 0.1) is 6.54 Å². The van der Waals surface area contributed by atoms with Crippen molar-refractivity contribution in [1.29, 1.82) is 0 Å². The molecule has 108 valence electrons. The van der Waals surface area contributed by atoms with Crippen molar-refractivity contribution in [3.05, 3.63) is 35.4 Å². The van der Waals surface area contributed by atoms with Crippen molar-refractivity contribution >= 4 is 11.8 Å². The van der Waals surface area contributed by atoms with E-state index in [0.29, 0.717) is 12.1 Å². The molecule has 1 aliphatic rings. The Morgan fingerprint density at radius 3 is 2.35 bits per heavy atom. The normalized spacial score (nSPS) is 14.9. The second-order valence-electron chi connectivity index (χ2n) is 5.03. The molecule has 0 saturated carbocycles. The van der Waals surface area contributed by atoms with E-state index in [-0.39, 0.29) is 18.4 Å². The number of carbonyl (C=O) groups excluding carboxylic acids is 2. The molecule has 0 aromatic heterocycles. The van der Waals surface area contributed by atoms with Gasteiger partial charge in [-0.1, -0.05) is 12.1 Å². The average Bonchev–Trinajstić information content (AvgIpc) is 2.53. The van der Waals surface area contributed by atoms with Crippen molar-refractivity contribution in [3.8, 4) is 0 Å². The molecule has 1 fully saturated rings. The number of nitrogens with zero attached hydrogens (tertiary/aromatic N) is 1. The molecule has 1 aliphatic heterocycles. The van der Waals surface area contributed by atoms with Crippen LogP contribution in [0.3, 0.4) is 0 Å². The van der Waals surface area contributed by atoms with E-state index in [2.05, 4.69) is 5.32 Å². The van der Waals surface area contributed by atoms with Crippen LogP contribution in [0.4, 0.5) is 0 Å². The molecule has 0 bridgehead atoms. The Morgan fingerprint density at radius 1 is 1.10 bits per heavy atom. The third kappa shape index (κ3) is 3.81. The predicted octanol–water partition coefficient (Wildman–Crippen LogP) is 0.888. The number of amides is 2. The molecule has 2 amide bonds. The molecule has 0 aliphatic carbocycles. The molecule has 1 aromatic rings. The Bertz CT molecular complexity index is 465. The Labute approximate surface area is 119 Å². The smallest absolute Gasteiger partial charge is 0.251 e. The van der Waals surface area contributed by atoms with Gasteiger partial charge in [0.2, 0.25) is 5.91 Å². The van der Waals surface area contributed by atoms with Gasteiger partial charge in [-0.3, -0.25) is 9.59 Å². The lowest BCUT2D eigenvalue weighted by molar-refractivity contribution is -0.130. The highest BCUT2D eigenvalue weighted by atomic mass is 16.2. The van der Waals surface area contributed by atoms with Crippen LogP contribution in [0, 0.1) is 0 Å². The number of hydrogen-bond acceptors (Lipinski definition) is 3. The van der Waals surface area contributed by atoms with Gasteiger partial charge in [0.15, 0.2) is 0 Å². The number of rotatable bonds is 4. The van der Waals surface area contributed by atoms with E-state index >= 15 is 0 Å². The zero-order chi connectivity index (χ0) is 14.4. The van der Waals surface area contributed by atoms with Crippen LogP contribution < -0.4 is 11.1 Å². The molecule has 5 nitrogen and oxygen atoms in total. The Hall–Kier alpha value is -1.88. The van der Waals surface area contributed by atoms with Gasteiger partial charge in [-0.15, -0.1) is 0 Å². The van der Waals surface area contributed by atoms with Gasteiger partial charge in [0.1, 0.15) is 0 Å². The fourth-order valence-corrected chi connectivity index (χ4v) is 2.31. The quantitative estimate of drug-likeness (QED) is 0.857. The van der Waals surface area contributed by atoms with Gasteiger partial charge in [-0.05, 0) is 37.0 Å². The van der Waals surface area contributed by atoms with E-state index in [1.807, 2.05) is 17.0 Å². The highest BCUT2D eigenvalue weighted by Gasteiger charge is 2.17. The summed E-state index contributed by atoms with van der Waals surface area (Å²) in [7, 11) is 0. The van der Waals surface area contributed by atoms with E-state index in [9.17, 15) is 9.59 Å². The van der Waals surface area contributed by atoms with Crippen molar-refractivity contribution in [2.24, 2.45) is 5.73 Å². The third-order valence-electron chi connectivity index (χ3n) is 3.56. The molecule has 3 N–H and O–H groups in total. The third-order valence-corrected chi connectivity index (χ3v) is 3.56. The largest absolute Gasteiger partial charge is 0.343 e. The maximum atomic E-state index is 11.9. The summed E-state index contributed by atoms with van der Waals surface area (Å²) >= 11 is 0. The summed E-state index contributed by atoms with van der Waals surface area (Å²) in [6.07, 6.45) is 3.30. The number of piperidine rings is 1. The molecule has 5 heteroatoms. The first-order valence-electron chi connectivity index (χ1n) is 7.05. The van der Waals surface area contributed by atoms with Gasteiger partial charge in [-0.25, -0.2) is 0 Å².